The third-order valence-corrected chi connectivity index (χ3v) is 3.60. The lowest BCUT2D eigenvalue weighted by atomic mass is 9.66. The average Bonchev–Trinajstić information content (AvgIpc) is 2.23. The molecular formula is C10H17NO3. The number of fused-ring (bicyclic) bond motifs is 2. The molecule has 80 valence electrons. The van der Waals surface area contributed by atoms with E-state index in [2.05, 4.69) is 5.32 Å². The second kappa shape index (κ2) is 3.51. The molecule has 2 fully saturated rings. The molecular weight excluding hydrogens is 182 g/mol. The molecule has 0 amide bonds. The van der Waals surface area contributed by atoms with E-state index in [0.29, 0.717) is 6.54 Å². The lowest BCUT2D eigenvalue weighted by Gasteiger charge is -2.45. The first kappa shape index (κ1) is 9.93. The van der Waals surface area contributed by atoms with Gasteiger partial charge in [-0.05, 0) is 25.2 Å². The summed E-state index contributed by atoms with van der Waals surface area (Å²) in [5.74, 6) is 0.0956. The smallest absolute Gasteiger partial charge is 0.313 e. The number of ether oxygens (including phenoxy) is 1. The van der Waals surface area contributed by atoms with Gasteiger partial charge in [-0.15, -0.1) is 0 Å². The van der Waals surface area contributed by atoms with Crippen molar-refractivity contribution in [2.75, 3.05) is 20.2 Å². The van der Waals surface area contributed by atoms with Crippen molar-refractivity contribution >= 4 is 5.97 Å². The van der Waals surface area contributed by atoms with Gasteiger partial charge >= 0.3 is 5.97 Å². The van der Waals surface area contributed by atoms with Crippen LogP contribution in [0.2, 0.25) is 0 Å². The highest BCUT2D eigenvalue weighted by Crippen LogP contribution is 2.42. The molecule has 4 heteroatoms. The number of carbonyl (C=O) groups excluding carboxylic acids is 1. The molecule has 0 aromatic rings. The first-order chi connectivity index (χ1) is 6.68. The van der Waals surface area contributed by atoms with Crippen LogP contribution in [-0.2, 0) is 9.53 Å². The molecule has 0 radical (unpaired) electrons. The zero-order valence-corrected chi connectivity index (χ0v) is 8.45. The average molecular weight is 199 g/mol. The summed E-state index contributed by atoms with van der Waals surface area (Å²) >= 11 is 0. The second-order valence-corrected chi connectivity index (χ2v) is 4.47. The van der Waals surface area contributed by atoms with Crippen LogP contribution in [0.25, 0.3) is 0 Å². The standard InChI is InChI=1S/C10H17NO3/c1-14-9(13)10-3-2-8(12)7(4-10)5-11-6-10/h7-8,11-12H,2-6H2,1H3/t7-,8-,10-/m0/s1. The number of nitrogens with one attached hydrogen (secondary N) is 1. The highest BCUT2D eigenvalue weighted by molar-refractivity contribution is 5.77. The maximum Gasteiger partial charge on any atom is 0.313 e. The summed E-state index contributed by atoms with van der Waals surface area (Å²) in [5, 5.41) is 12.9. The van der Waals surface area contributed by atoms with Gasteiger partial charge in [-0.25, -0.2) is 0 Å². The third kappa shape index (κ3) is 1.42. The summed E-state index contributed by atoms with van der Waals surface area (Å²) in [6, 6.07) is 0. The van der Waals surface area contributed by atoms with E-state index in [-0.39, 0.29) is 23.4 Å². The molecule has 1 heterocycles. The SMILES string of the molecule is COC(=O)[C@]12CC[C@H](O)[C@H](CNC1)C2. The molecule has 0 aromatic heterocycles. The summed E-state index contributed by atoms with van der Waals surface area (Å²) in [7, 11) is 1.44. The topological polar surface area (TPSA) is 58.6 Å². The molecule has 14 heavy (non-hydrogen) atoms. The fourth-order valence-corrected chi connectivity index (χ4v) is 2.74. The Morgan fingerprint density at radius 3 is 3.14 bits per heavy atom. The van der Waals surface area contributed by atoms with E-state index in [9.17, 15) is 9.90 Å². The summed E-state index contributed by atoms with van der Waals surface area (Å²) in [6.45, 7) is 1.52. The van der Waals surface area contributed by atoms with E-state index in [1.807, 2.05) is 0 Å². The molecule has 1 aliphatic heterocycles. The molecule has 4 nitrogen and oxygen atoms in total. The zero-order valence-electron chi connectivity index (χ0n) is 8.45. The number of methoxy groups -OCH3 is 1. The molecule has 1 aliphatic carbocycles. The van der Waals surface area contributed by atoms with Crippen LogP contribution in [0.15, 0.2) is 0 Å². The van der Waals surface area contributed by atoms with Crippen LogP contribution >= 0.6 is 0 Å². The highest BCUT2D eigenvalue weighted by atomic mass is 16.5. The number of aliphatic hydroxyl groups excluding tert-OH is 1. The van der Waals surface area contributed by atoms with Gasteiger partial charge in [0.1, 0.15) is 0 Å². The monoisotopic (exact) mass is 199 g/mol. The molecule has 0 spiro atoms. The summed E-state index contributed by atoms with van der Waals surface area (Å²) in [4.78, 5) is 11.7. The van der Waals surface area contributed by atoms with Gasteiger partial charge in [-0.3, -0.25) is 4.79 Å². The maximum atomic E-state index is 11.7. The van der Waals surface area contributed by atoms with Crippen LogP contribution in [-0.4, -0.2) is 37.4 Å². The largest absolute Gasteiger partial charge is 0.469 e. The minimum Gasteiger partial charge on any atom is -0.469 e. The quantitative estimate of drug-likeness (QED) is 0.579. The van der Waals surface area contributed by atoms with Crippen molar-refractivity contribution in [1.29, 1.82) is 0 Å². The van der Waals surface area contributed by atoms with Crippen LogP contribution in [0.3, 0.4) is 0 Å². The lowest BCUT2D eigenvalue weighted by molar-refractivity contribution is -0.160. The highest BCUT2D eigenvalue weighted by Gasteiger charge is 2.48. The minimum absolute atomic E-state index is 0.124. The van der Waals surface area contributed by atoms with Gasteiger partial charge in [0.15, 0.2) is 0 Å². The number of rotatable bonds is 1. The molecule has 2 rings (SSSR count). The Morgan fingerprint density at radius 1 is 1.64 bits per heavy atom. The van der Waals surface area contributed by atoms with Gasteiger partial charge < -0.3 is 15.2 Å². The molecule has 2 N–H and O–H groups in total. The Morgan fingerprint density at radius 2 is 2.43 bits per heavy atom. The van der Waals surface area contributed by atoms with Crippen molar-refractivity contribution in [3.8, 4) is 0 Å². The van der Waals surface area contributed by atoms with Gasteiger partial charge in [0, 0.05) is 13.1 Å². The predicted molar refractivity (Wildman–Crippen MR) is 50.7 cm³/mol. The Bertz CT molecular complexity index is 244. The van der Waals surface area contributed by atoms with Crippen molar-refractivity contribution in [2.24, 2.45) is 11.3 Å². The van der Waals surface area contributed by atoms with Gasteiger partial charge in [0.2, 0.25) is 0 Å². The van der Waals surface area contributed by atoms with Crippen molar-refractivity contribution < 1.29 is 14.6 Å². The lowest BCUT2D eigenvalue weighted by Crippen LogP contribution is -2.55. The Kier molecular flexibility index (Phi) is 2.49. The van der Waals surface area contributed by atoms with Crippen LogP contribution in [0.4, 0.5) is 0 Å². The molecule has 0 unspecified atom stereocenters. The number of esters is 1. The van der Waals surface area contributed by atoms with Crippen LogP contribution in [0.5, 0.6) is 0 Å². The summed E-state index contributed by atoms with van der Waals surface area (Å²) in [6.07, 6.45) is 1.99. The van der Waals surface area contributed by atoms with Gasteiger partial charge in [-0.1, -0.05) is 0 Å². The number of aliphatic hydroxyl groups is 1. The zero-order chi connectivity index (χ0) is 10.2. The predicted octanol–water partition coefficient (Wildman–Crippen LogP) is -0.0900. The molecule has 2 bridgehead atoms. The summed E-state index contributed by atoms with van der Waals surface area (Å²) in [5.41, 5.74) is -0.364. The van der Waals surface area contributed by atoms with E-state index in [1.165, 1.54) is 7.11 Å². The van der Waals surface area contributed by atoms with Crippen molar-refractivity contribution in [3.63, 3.8) is 0 Å². The maximum absolute atomic E-state index is 11.7. The van der Waals surface area contributed by atoms with Crippen LogP contribution < -0.4 is 5.32 Å². The number of hydrogen-bond acceptors (Lipinski definition) is 4. The number of piperidine rings is 1. The Hall–Kier alpha value is -0.610. The Balaban J connectivity index is 2.16. The molecule has 1 saturated carbocycles. The molecule has 1 saturated heterocycles. The van der Waals surface area contributed by atoms with Crippen molar-refractivity contribution in [2.45, 2.75) is 25.4 Å². The molecule has 2 aliphatic rings. The third-order valence-electron chi connectivity index (χ3n) is 3.60. The van der Waals surface area contributed by atoms with Gasteiger partial charge in [-0.2, -0.15) is 0 Å². The summed E-state index contributed by atoms with van der Waals surface area (Å²) < 4.78 is 4.84. The van der Waals surface area contributed by atoms with E-state index in [1.54, 1.807) is 0 Å². The van der Waals surface area contributed by atoms with Crippen molar-refractivity contribution in [1.82, 2.24) is 5.32 Å². The van der Waals surface area contributed by atoms with E-state index in [0.717, 1.165) is 25.8 Å². The molecule has 0 aromatic carbocycles. The Labute approximate surface area is 83.6 Å². The van der Waals surface area contributed by atoms with Crippen LogP contribution in [0.1, 0.15) is 19.3 Å². The first-order valence-electron chi connectivity index (χ1n) is 5.15. The second-order valence-electron chi connectivity index (χ2n) is 4.47. The fraction of sp³-hybridized carbons (Fsp3) is 0.900. The van der Waals surface area contributed by atoms with Gasteiger partial charge in [0.05, 0.1) is 18.6 Å². The minimum atomic E-state index is -0.364. The van der Waals surface area contributed by atoms with Crippen LogP contribution in [0, 0.1) is 11.3 Å². The first-order valence-corrected chi connectivity index (χ1v) is 5.15. The molecule has 3 atom stereocenters. The normalized spacial score (nSPS) is 41.9. The van der Waals surface area contributed by atoms with Gasteiger partial charge in [0.25, 0.3) is 0 Å². The number of hydrogen-bond donors (Lipinski definition) is 2. The van der Waals surface area contributed by atoms with E-state index >= 15 is 0 Å². The van der Waals surface area contributed by atoms with E-state index < -0.39 is 0 Å². The van der Waals surface area contributed by atoms with E-state index in [4.69, 9.17) is 4.74 Å². The van der Waals surface area contributed by atoms with Crippen molar-refractivity contribution in [3.05, 3.63) is 0 Å². The fourth-order valence-electron chi connectivity index (χ4n) is 2.74. The number of carbonyl (C=O) groups is 1.